The van der Waals surface area contributed by atoms with E-state index in [1.165, 1.54) is 11.3 Å². The SMILES string of the molecule is O=C(CCCCl)c1ccc2c(c1)CCCN2. The molecule has 86 valence electrons. The van der Waals surface area contributed by atoms with E-state index >= 15 is 0 Å². The zero-order valence-electron chi connectivity index (χ0n) is 9.26. The first-order valence-electron chi connectivity index (χ1n) is 5.77. The highest BCUT2D eigenvalue weighted by molar-refractivity contribution is 6.18. The topological polar surface area (TPSA) is 29.1 Å². The average molecular weight is 238 g/mol. The Labute approximate surface area is 101 Å². The van der Waals surface area contributed by atoms with E-state index in [0.717, 1.165) is 31.4 Å². The number of benzene rings is 1. The standard InChI is InChI=1S/C13H16ClNO/c14-7-1-4-13(16)11-5-6-12-10(9-11)3-2-8-15-12/h5-6,9,15H,1-4,7-8H2. The molecule has 1 aromatic rings. The minimum Gasteiger partial charge on any atom is -0.385 e. The van der Waals surface area contributed by atoms with Crippen molar-refractivity contribution in [2.75, 3.05) is 17.7 Å². The summed E-state index contributed by atoms with van der Waals surface area (Å²) < 4.78 is 0. The van der Waals surface area contributed by atoms with Gasteiger partial charge in [-0.25, -0.2) is 0 Å². The summed E-state index contributed by atoms with van der Waals surface area (Å²) in [6, 6.07) is 5.95. The second-order valence-corrected chi connectivity index (χ2v) is 4.50. The fourth-order valence-corrected chi connectivity index (χ4v) is 2.15. The highest BCUT2D eigenvalue weighted by Gasteiger charge is 2.11. The smallest absolute Gasteiger partial charge is 0.162 e. The molecule has 0 saturated heterocycles. The molecule has 1 heterocycles. The lowest BCUT2D eigenvalue weighted by atomic mass is 9.98. The van der Waals surface area contributed by atoms with Gasteiger partial charge in [0.1, 0.15) is 0 Å². The molecule has 0 amide bonds. The number of hydrogen-bond acceptors (Lipinski definition) is 2. The van der Waals surface area contributed by atoms with Gasteiger partial charge in [0.05, 0.1) is 0 Å². The summed E-state index contributed by atoms with van der Waals surface area (Å²) in [5.41, 5.74) is 3.27. The molecule has 2 rings (SSSR count). The van der Waals surface area contributed by atoms with Crippen LogP contribution in [0, 0.1) is 0 Å². The minimum atomic E-state index is 0.203. The normalized spacial score (nSPS) is 14.1. The molecular weight excluding hydrogens is 222 g/mol. The summed E-state index contributed by atoms with van der Waals surface area (Å²) >= 11 is 5.59. The van der Waals surface area contributed by atoms with E-state index in [1.807, 2.05) is 18.2 Å². The van der Waals surface area contributed by atoms with Crippen molar-refractivity contribution in [2.45, 2.75) is 25.7 Å². The molecule has 1 aromatic carbocycles. The summed E-state index contributed by atoms with van der Waals surface area (Å²) in [5, 5.41) is 3.34. The maximum absolute atomic E-state index is 11.8. The molecule has 0 spiro atoms. The van der Waals surface area contributed by atoms with E-state index in [-0.39, 0.29) is 5.78 Å². The third-order valence-corrected chi connectivity index (χ3v) is 3.17. The lowest BCUT2D eigenvalue weighted by molar-refractivity contribution is 0.0982. The molecule has 0 bridgehead atoms. The van der Waals surface area contributed by atoms with Gasteiger partial charge in [-0.05, 0) is 43.0 Å². The quantitative estimate of drug-likeness (QED) is 0.644. The first kappa shape index (κ1) is 11.5. The predicted octanol–water partition coefficient (Wildman–Crippen LogP) is 3.25. The number of hydrogen-bond donors (Lipinski definition) is 1. The Hall–Kier alpha value is -1.02. The van der Waals surface area contributed by atoms with Gasteiger partial charge in [-0.2, -0.15) is 0 Å². The molecule has 1 N–H and O–H groups in total. The van der Waals surface area contributed by atoms with Crippen molar-refractivity contribution < 1.29 is 4.79 Å². The molecule has 1 aliphatic rings. The lowest BCUT2D eigenvalue weighted by Gasteiger charge is -2.18. The van der Waals surface area contributed by atoms with Gasteiger partial charge in [0.25, 0.3) is 0 Å². The third kappa shape index (κ3) is 2.56. The number of nitrogens with one attached hydrogen (secondary N) is 1. The number of ketones is 1. The second kappa shape index (κ2) is 5.35. The van der Waals surface area contributed by atoms with Gasteiger partial charge in [-0.3, -0.25) is 4.79 Å². The first-order chi connectivity index (χ1) is 7.81. The molecule has 0 saturated carbocycles. The number of alkyl halides is 1. The molecule has 0 radical (unpaired) electrons. The fourth-order valence-electron chi connectivity index (χ4n) is 2.02. The molecule has 3 heteroatoms. The van der Waals surface area contributed by atoms with E-state index in [9.17, 15) is 4.79 Å². The van der Waals surface area contributed by atoms with E-state index in [0.29, 0.717) is 12.3 Å². The van der Waals surface area contributed by atoms with Crippen LogP contribution in [-0.2, 0) is 6.42 Å². The summed E-state index contributed by atoms with van der Waals surface area (Å²) in [4.78, 5) is 11.8. The molecule has 0 aromatic heterocycles. The van der Waals surface area contributed by atoms with E-state index in [4.69, 9.17) is 11.6 Å². The van der Waals surface area contributed by atoms with Crippen molar-refractivity contribution in [3.8, 4) is 0 Å². The van der Waals surface area contributed by atoms with Crippen LogP contribution in [0.25, 0.3) is 0 Å². The summed E-state index contributed by atoms with van der Waals surface area (Å²) in [7, 11) is 0. The van der Waals surface area contributed by atoms with Crippen molar-refractivity contribution >= 4 is 23.1 Å². The number of carbonyl (C=O) groups is 1. The van der Waals surface area contributed by atoms with Gasteiger partial charge >= 0.3 is 0 Å². The molecule has 0 unspecified atom stereocenters. The number of halogens is 1. The zero-order valence-corrected chi connectivity index (χ0v) is 10.0. The van der Waals surface area contributed by atoms with Crippen LogP contribution in [-0.4, -0.2) is 18.2 Å². The molecule has 16 heavy (non-hydrogen) atoms. The fraction of sp³-hybridized carbons (Fsp3) is 0.462. The van der Waals surface area contributed by atoms with Crippen LogP contribution < -0.4 is 5.32 Å². The molecule has 0 fully saturated rings. The lowest BCUT2D eigenvalue weighted by Crippen LogP contribution is -2.12. The number of carbonyl (C=O) groups excluding carboxylic acids is 1. The minimum absolute atomic E-state index is 0.203. The maximum atomic E-state index is 11.8. The van der Waals surface area contributed by atoms with Gasteiger partial charge in [-0.1, -0.05) is 0 Å². The Morgan fingerprint density at radius 3 is 3.12 bits per heavy atom. The molecule has 1 aliphatic heterocycles. The van der Waals surface area contributed by atoms with Crippen LogP contribution in [0.15, 0.2) is 18.2 Å². The van der Waals surface area contributed by atoms with Crippen molar-refractivity contribution in [1.29, 1.82) is 0 Å². The number of Topliss-reactive ketones (excluding diaryl/α,β-unsaturated/α-hetero) is 1. The third-order valence-electron chi connectivity index (χ3n) is 2.90. The van der Waals surface area contributed by atoms with Gasteiger partial charge in [0, 0.05) is 30.1 Å². The van der Waals surface area contributed by atoms with Gasteiger partial charge in [0.15, 0.2) is 5.78 Å². The van der Waals surface area contributed by atoms with Crippen molar-refractivity contribution in [3.05, 3.63) is 29.3 Å². The maximum Gasteiger partial charge on any atom is 0.162 e. The zero-order chi connectivity index (χ0) is 11.4. The average Bonchev–Trinajstić information content (AvgIpc) is 2.35. The van der Waals surface area contributed by atoms with Crippen LogP contribution in [0.2, 0.25) is 0 Å². The van der Waals surface area contributed by atoms with E-state index < -0.39 is 0 Å². The Morgan fingerprint density at radius 2 is 2.31 bits per heavy atom. The Morgan fingerprint density at radius 1 is 1.44 bits per heavy atom. The Balaban J connectivity index is 2.13. The Bertz CT molecular complexity index is 390. The van der Waals surface area contributed by atoms with Crippen LogP contribution in [0.3, 0.4) is 0 Å². The van der Waals surface area contributed by atoms with Crippen molar-refractivity contribution in [1.82, 2.24) is 0 Å². The van der Waals surface area contributed by atoms with Crippen LogP contribution in [0.5, 0.6) is 0 Å². The summed E-state index contributed by atoms with van der Waals surface area (Å²) in [5.74, 6) is 0.757. The monoisotopic (exact) mass is 237 g/mol. The summed E-state index contributed by atoms with van der Waals surface area (Å²) in [6.07, 6.45) is 3.52. The summed E-state index contributed by atoms with van der Waals surface area (Å²) in [6.45, 7) is 1.03. The van der Waals surface area contributed by atoms with Gasteiger partial charge in [-0.15, -0.1) is 11.6 Å². The van der Waals surface area contributed by atoms with Gasteiger partial charge in [0.2, 0.25) is 0 Å². The van der Waals surface area contributed by atoms with E-state index in [2.05, 4.69) is 5.32 Å². The van der Waals surface area contributed by atoms with Crippen LogP contribution in [0.4, 0.5) is 5.69 Å². The number of aryl methyl sites for hydroxylation is 1. The first-order valence-corrected chi connectivity index (χ1v) is 6.30. The van der Waals surface area contributed by atoms with Crippen molar-refractivity contribution in [2.24, 2.45) is 0 Å². The molecule has 2 nitrogen and oxygen atoms in total. The predicted molar refractivity (Wildman–Crippen MR) is 67.5 cm³/mol. The van der Waals surface area contributed by atoms with E-state index in [1.54, 1.807) is 0 Å². The number of anilines is 1. The van der Waals surface area contributed by atoms with Gasteiger partial charge < -0.3 is 5.32 Å². The second-order valence-electron chi connectivity index (χ2n) is 4.12. The highest BCUT2D eigenvalue weighted by Crippen LogP contribution is 2.23. The number of rotatable bonds is 4. The molecule has 0 atom stereocenters. The largest absolute Gasteiger partial charge is 0.385 e. The molecule has 0 aliphatic carbocycles. The highest BCUT2D eigenvalue weighted by atomic mass is 35.5. The van der Waals surface area contributed by atoms with Crippen molar-refractivity contribution in [3.63, 3.8) is 0 Å². The number of fused-ring (bicyclic) bond motifs is 1. The van der Waals surface area contributed by atoms with Crippen LogP contribution >= 0.6 is 11.6 Å². The molecular formula is C13H16ClNO. The van der Waals surface area contributed by atoms with Crippen LogP contribution in [0.1, 0.15) is 35.2 Å². The Kier molecular flexibility index (Phi) is 3.83.